The average Bonchev–Trinajstić information content (AvgIpc) is 2.66. The fraction of sp³-hybridized carbons (Fsp3) is 0.933. The summed E-state index contributed by atoms with van der Waals surface area (Å²) in [4.78, 5) is 4.72. The van der Waals surface area contributed by atoms with E-state index in [0.29, 0.717) is 0 Å². The Bertz CT molecular complexity index is 243. The first-order chi connectivity index (χ1) is 8.95. The predicted molar refractivity (Wildman–Crippen MR) is 82.0 cm³/mol. The van der Waals surface area contributed by atoms with Crippen molar-refractivity contribution in [2.45, 2.75) is 76.4 Å². The van der Waals surface area contributed by atoms with Gasteiger partial charge in [0, 0.05) is 18.8 Å². The monoisotopic (exact) mass is 248 g/mol. The number of nitrogens with zero attached hydrogens (tertiary/aromatic N) is 1. The van der Waals surface area contributed by atoms with Crippen molar-refractivity contribution in [2.24, 2.45) is 4.99 Å². The van der Waals surface area contributed by atoms with Crippen LogP contribution in [0.2, 0.25) is 5.82 Å². The van der Waals surface area contributed by atoms with Crippen LogP contribution in [-0.4, -0.2) is 26.1 Å². The smallest absolute Gasteiger partial charge is 0.206 e. The summed E-state index contributed by atoms with van der Waals surface area (Å²) in [6.45, 7) is 2.20. The Morgan fingerprint density at radius 3 is 2.22 bits per heavy atom. The Labute approximate surface area is 113 Å². The summed E-state index contributed by atoms with van der Waals surface area (Å²) in [6, 6.07) is 0. The SMILES string of the molecule is B(C1=NCCCCN1)C1CCCCCCCCC1. The van der Waals surface area contributed by atoms with Crippen LogP contribution in [0.4, 0.5) is 0 Å². The largest absolute Gasteiger partial charge is 0.382 e. The van der Waals surface area contributed by atoms with Gasteiger partial charge in [-0.05, 0) is 12.8 Å². The molecular formula is C15H29BN2. The van der Waals surface area contributed by atoms with Crippen LogP contribution in [0.15, 0.2) is 4.99 Å². The van der Waals surface area contributed by atoms with E-state index in [1.54, 1.807) is 0 Å². The lowest BCUT2D eigenvalue weighted by molar-refractivity contribution is 0.503. The van der Waals surface area contributed by atoms with Gasteiger partial charge in [-0.2, -0.15) is 0 Å². The molecule has 0 amide bonds. The van der Waals surface area contributed by atoms with Gasteiger partial charge in [-0.25, -0.2) is 0 Å². The molecule has 0 aromatic heterocycles. The zero-order chi connectivity index (χ0) is 12.5. The number of amidine groups is 1. The van der Waals surface area contributed by atoms with Crippen molar-refractivity contribution in [2.75, 3.05) is 13.1 Å². The molecule has 0 atom stereocenters. The van der Waals surface area contributed by atoms with Gasteiger partial charge in [-0.3, -0.25) is 4.99 Å². The second-order valence-corrected chi connectivity index (χ2v) is 6.08. The van der Waals surface area contributed by atoms with E-state index in [4.69, 9.17) is 4.99 Å². The van der Waals surface area contributed by atoms with Crippen molar-refractivity contribution in [3.05, 3.63) is 0 Å². The molecule has 1 heterocycles. The van der Waals surface area contributed by atoms with Gasteiger partial charge in [0.15, 0.2) is 0 Å². The Balaban J connectivity index is 1.78. The van der Waals surface area contributed by atoms with E-state index < -0.39 is 0 Å². The van der Waals surface area contributed by atoms with E-state index >= 15 is 0 Å². The molecule has 3 heteroatoms. The standard InChI is InChI=1S/C15H29BN2/c1-2-4-6-10-14(11-7-5-3-1)16-15-17-12-8-9-13-18-15/h14,16H,1-13H2,(H,17,18). The third kappa shape index (κ3) is 5.45. The van der Waals surface area contributed by atoms with Crippen LogP contribution in [0, 0.1) is 0 Å². The summed E-state index contributed by atoms with van der Waals surface area (Å²) in [6.07, 6.45) is 15.6. The molecule has 102 valence electrons. The minimum absolute atomic E-state index is 0.896. The average molecular weight is 248 g/mol. The van der Waals surface area contributed by atoms with E-state index in [2.05, 4.69) is 5.32 Å². The fourth-order valence-corrected chi connectivity index (χ4v) is 3.25. The lowest BCUT2D eigenvalue weighted by Crippen LogP contribution is -2.31. The van der Waals surface area contributed by atoms with Gasteiger partial charge in [0.05, 0.1) is 0 Å². The number of hydrogen-bond acceptors (Lipinski definition) is 2. The Morgan fingerprint density at radius 2 is 1.50 bits per heavy atom. The maximum absolute atomic E-state index is 4.72. The first-order valence-corrected chi connectivity index (χ1v) is 8.22. The highest BCUT2D eigenvalue weighted by Gasteiger charge is 2.16. The summed E-state index contributed by atoms with van der Waals surface area (Å²) in [5, 5.41) is 3.54. The molecule has 1 N–H and O–H groups in total. The summed E-state index contributed by atoms with van der Waals surface area (Å²) in [5.41, 5.74) is 1.31. The molecule has 0 unspecified atom stereocenters. The van der Waals surface area contributed by atoms with Crippen molar-refractivity contribution < 1.29 is 0 Å². The highest BCUT2D eigenvalue weighted by atomic mass is 15.0. The number of hydrogen-bond donors (Lipinski definition) is 1. The third-order valence-electron chi connectivity index (χ3n) is 4.42. The van der Waals surface area contributed by atoms with E-state index in [1.807, 2.05) is 0 Å². The number of aliphatic imine (C=N–C) groups is 1. The number of nitrogens with one attached hydrogen (secondary N) is 1. The van der Waals surface area contributed by atoms with Crippen molar-refractivity contribution in [3.63, 3.8) is 0 Å². The molecule has 0 radical (unpaired) electrons. The van der Waals surface area contributed by atoms with Crippen LogP contribution in [0.5, 0.6) is 0 Å². The van der Waals surface area contributed by atoms with Crippen molar-refractivity contribution in [3.8, 4) is 0 Å². The summed E-state index contributed by atoms with van der Waals surface area (Å²) in [5.74, 6) is 0.896. The van der Waals surface area contributed by atoms with Gasteiger partial charge in [-0.15, -0.1) is 0 Å². The maximum Gasteiger partial charge on any atom is 0.206 e. The van der Waals surface area contributed by atoms with Crippen LogP contribution < -0.4 is 5.32 Å². The van der Waals surface area contributed by atoms with Gasteiger partial charge >= 0.3 is 0 Å². The van der Waals surface area contributed by atoms with Gasteiger partial charge in [0.2, 0.25) is 7.28 Å². The minimum Gasteiger partial charge on any atom is -0.382 e. The molecule has 2 aliphatic rings. The highest BCUT2D eigenvalue weighted by Crippen LogP contribution is 2.25. The second kappa shape index (κ2) is 8.60. The Kier molecular flexibility index (Phi) is 6.67. The van der Waals surface area contributed by atoms with Crippen LogP contribution in [0.3, 0.4) is 0 Å². The molecule has 1 fully saturated rings. The molecule has 0 saturated heterocycles. The zero-order valence-corrected chi connectivity index (χ0v) is 11.9. The lowest BCUT2D eigenvalue weighted by atomic mass is 9.59. The number of rotatable bonds is 2. The highest BCUT2D eigenvalue weighted by molar-refractivity contribution is 6.76. The lowest BCUT2D eigenvalue weighted by Gasteiger charge is -2.18. The van der Waals surface area contributed by atoms with Crippen LogP contribution >= 0.6 is 0 Å². The summed E-state index contributed by atoms with van der Waals surface area (Å²) in [7, 11) is 1.22. The Morgan fingerprint density at radius 1 is 0.833 bits per heavy atom. The molecule has 0 aromatic carbocycles. The summed E-state index contributed by atoms with van der Waals surface area (Å²) < 4.78 is 0. The first kappa shape index (κ1) is 14.0. The summed E-state index contributed by atoms with van der Waals surface area (Å²) >= 11 is 0. The third-order valence-corrected chi connectivity index (χ3v) is 4.42. The van der Waals surface area contributed by atoms with Crippen LogP contribution in [0.25, 0.3) is 0 Å². The molecular weight excluding hydrogens is 219 g/mol. The maximum atomic E-state index is 4.72. The van der Waals surface area contributed by atoms with E-state index in [1.165, 1.54) is 83.6 Å². The first-order valence-electron chi connectivity index (χ1n) is 8.22. The Hall–Kier alpha value is -0.465. The quantitative estimate of drug-likeness (QED) is 0.743. The molecule has 0 aromatic rings. The molecule has 1 saturated carbocycles. The molecule has 1 aliphatic carbocycles. The van der Waals surface area contributed by atoms with Crippen molar-refractivity contribution >= 4 is 13.0 Å². The molecule has 0 bridgehead atoms. The van der Waals surface area contributed by atoms with Crippen LogP contribution in [0.1, 0.15) is 70.6 Å². The fourth-order valence-electron chi connectivity index (χ4n) is 3.25. The van der Waals surface area contributed by atoms with Crippen molar-refractivity contribution in [1.29, 1.82) is 0 Å². The van der Waals surface area contributed by atoms with Crippen LogP contribution in [-0.2, 0) is 0 Å². The topological polar surface area (TPSA) is 24.4 Å². The van der Waals surface area contributed by atoms with E-state index in [9.17, 15) is 0 Å². The normalized spacial score (nSPS) is 24.6. The van der Waals surface area contributed by atoms with E-state index in [-0.39, 0.29) is 0 Å². The predicted octanol–water partition coefficient (Wildman–Crippen LogP) is 3.48. The van der Waals surface area contributed by atoms with E-state index in [0.717, 1.165) is 18.9 Å². The molecule has 2 rings (SSSR count). The van der Waals surface area contributed by atoms with Gasteiger partial charge in [0.25, 0.3) is 0 Å². The molecule has 18 heavy (non-hydrogen) atoms. The molecule has 2 nitrogen and oxygen atoms in total. The minimum atomic E-state index is 0.896. The zero-order valence-electron chi connectivity index (χ0n) is 11.9. The molecule has 1 aliphatic heterocycles. The van der Waals surface area contributed by atoms with Gasteiger partial charge in [0.1, 0.15) is 0 Å². The second-order valence-electron chi connectivity index (χ2n) is 6.08. The van der Waals surface area contributed by atoms with Crippen molar-refractivity contribution in [1.82, 2.24) is 5.32 Å². The van der Waals surface area contributed by atoms with Gasteiger partial charge < -0.3 is 5.32 Å². The molecule has 0 spiro atoms. The van der Waals surface area contributed by atoms with Gasteiger partial charge in [-0.1, -0.05) is 63.6 Å².